The fraction of sp³-hybridized carbons (Fsp3) is 0.652. The predicted molar refractivity (Wildman–Crippen MR) is 104 cm³/mol. The SMILES string of the molecule is CC1(C)C(O)CCC2(C)C3(C)c4[nH]c5ccccc5c4CC3CCC12O. The Morgan fingerprint density at radius 3 is 2.54 bits per heavy atom. The second kappa shape index (κ2) is 4.74. The highest BCUT2D eigenvalue weighted by molar-refractivity contribution is 5.86. The lowest BCUT2D eigenvalue weighted by atomic mass is 9.39. The van der Waals surface area contributed by atoms with Gasteiger partial charge in [-0.05, 0) is 49.7 Å². The maximum atomic E-state index is 12.1. The fourth-order valence-electron chi connectivity index (χ4n) is 7.28. The lowest BCUT2D eigenvalue weighted by Crippen LogP contribution is -2.72. The molecule has 3 aliphatic rings. The third kappa shape index (κ3) is 1.56. The van der Waals surface area contributed by atoms with Crippen LogP contribution in [0.25, 0.3) is 10.9 Å². The Morgan fingerprint density at radius 1 is 1.04 bits per heavy atom. The minimum atomic E-state index is -0.859. The topological polar surface area (TPSA) is 56.2 Å². The molecule has 140 valence electrons. The number of aromatic amines is 1. The van der Waals surface area contributed by atoms with Gasteiger partial charge in [-0.3, -0.25) is 0 Å². The Hall–Kier alpha value is -1.32. The van der Waals surface area contributed by atoms with Crippen LogP contribution >= 0.6 is 0 Å². The first-order valence-electron chi connectivity index (χ1n) is 10.2. The Labute approximate surface area is 155 Å². The normalized spacial score (nSPS) is 43.8. The molecule has 2 aromatic rings. The van der Waals surface area contributed by atoms with Crippen molar-refractivity contribution in [2.45, 2.75) is 76.9 Å². The summed E-state index contributed by atoms with van der Waals surface area (Å²) in [6.45, 7) is 8.82. The summed E-state index contributed by atoms with van der Waals surface area (Å²) >= 11 is 0. The van der Waals surface area contributed by atoms with Crippen molar-refractivity contribution in [2.75, 3.05) is 0 Å². The van der Waals surface area contributed by atoms with Crippen LogP contribution in [0.2, 0.25) is 0 Å². The molecule has 0 aliphatic heterocycles. The molecule has 5 atom stereocenters. The Morgan fingerprint density at radius 2 is 1.77 bits per heavy atom. The Bertz CT molecular complexity index is 899. The molecule has 26 heavy (non-hydrogen) atoms. The van der Waals surface area contributed by atoms with E-state index >= 15 is 0 Å². The molecule has 3 N–H and O–H groups in total. The van der Waals surface area contributed by atoms with E-state index in [4.69, 9.17) is 0 Å². The lowest BCUT2D eigenvalue weighted by Gasteiger charge is -2.68. The van der Waals surface area contributed by atoms with Gasteiger partial charge in [0.1, 0.15) is 0 Å². The average Bonchev–Trinajstić information content (AvgIpc) is 3.11. The van der Waals surface area contributed by atoms with Crippen molar-refractivity contribution in [3.8, 4) is 0 Å². The van der Waals surface area contributed by atoms with Crippen LogP contribution < -0.4 is 0 Å². The van der Waals surface area contributed by atoms with Gasteiger partial charge in [0, 0.05) is 32.8 Å². The van der Waals surface area contributed by atoms with Crippen LogP contribution in [0, 0.1) is 16.7 Å². The number of aliphatic hydroxyl groups is 2. The number of aliphatic hydroxyl groups excluding tert-OH is 1. The lowest BCUT2D eigenvalue weighted by molar-refractivity contribution is -0.269. The van der Waals surface area contributed by atoms with Crippen LogP contribution in [-0.2, 0) is 11.8 Å². The zero-order valence-electron chi connectivity index (χ0n) is 16.4. The maximum Gasteiger partial charge on any atom is 0.0785 e. The molecule has 3 nitrogen and oxygen atoms in total. The average molecular weight is 354 g/mol. The van der Waals surface area contributed by atoms with Crippen molar-refractivity contribution in [2.24, 2.45) is 16.7 Å². The van der Waals surface area contributed by atoms with Crippen molar-refractivity contribution < 1.29 is 10.2 Å². The highest BCUT2D eigenvalue weighted by Crippen LogP contribution is 2.71. The molecule has 0 saturated heterocycles. The van der Waals surface area contributed by atoms with Crippen LogP contribution in [0.4, 0.5) is 0 Å². The Balaban J connectivity index is 1.76. The first-order chi connectivity index (χ1) is 12.2. The van der Waals surface area contributed by atoms with E-state index in [0.717, 1.165) is 32.1 Å². The molecule has 0 spiro atoms. The molecule has 0 amide bonds. The summed E-state index contributed by atoms with van der Waals surface area (Å²) in [7, 11) is 0. The summed E-state index contributed by atoms with van der Waals surface area (Å²) in [4.78, 5) is 3.76. The monoisotopic (exact) mass is 353 g/mol. The first kappa shape index (κ1) is 16.8. The number of hydrogen-bond donors (Lipinski definition) is 3. The number of H-pyrrole nitrogens is 1. The van der Waals surface area contributed by atoms with Gasteiger partial charge in [-0.25, -0.2) is 0 Å². The van der Waals surface area contributed by atoms with E-state index in [1.807, 2.05) is 0 Å². The standard InChI is InChI=1S/C23H31NO2/c1-20(2)18(25)10-11-21(3)22(4)14(9-12-23(20,21)26)13-16-15-7-5-6-8-17(15)24-19(16)22/h5-8,14,18,24-26H,9-13H2,1-4H3. The molecule has 1 aromatic carbocycles. The molecule has 3 aliphatic carbocycles. The molecule has 5 unspecified atom stereocenters. The number of para-hydroxylation sites is 1. The maximum absolute atomic E-state index is 12.1. The number of benzene rings is 1. The van der Waals surface area contributed by atoms with Gasteiger partial charge >= 0.3 is 0 Å². The number of hydrogen-bond acceptors (Lipinski definition) is 2. The molecular weight excluding hydrogens is 322 g/mol. The molecule has 2 saturated carbocycles. The number of rotatable bonds is 0. The number of fused-ring (bicyclic) bond motifs is 7. The van der Waals surface area contributed by atoms with Crippen LogP contribution in [-0.4, -0.2) is 26.9 Å². The van der Waals surface area contributed by atoms with Crippen molar-refractivity contribution in [1.82, 2.24) is 4.98 Å². The summed E-state index contributed by atoms with van der Waals surface area (Å²) in [6, 6.07) is 8.61. The molecule has 0 radical (unpaired) electrons. The van der Waals surface area contributed by atoms with E-state index in [1.54, 1.807) is 0 Å². The molecular formula is C23H31NO2. The molecule has 0 bridgehead atoms. The van der Waals surface area contributed by atoms with Crippen LogP contribution in [0.5, 0.6) is 0 Å². The van der Waals surface area contributed by atoms with Gasteiger partial charge in [0.2, 0.25) is 0 Å². The molecule has 5 rings (SSSR count). The van der Waals surface area contributed by atoms with E-state index < -0.39 is 17.1 Å². The third-order valence-corrected chi connectivity index (χ3v) is 9.33. The van der Waals surface area contributed by atoms with Crippen molar-refractivity contribution >= 4 is 10.9 Å². The first-order valence-corrected chi connectivity index (χ1v) is 10.2. The van der Waals surface area contributed by atoms with Gasteiger partial charge in [-0.15, -0.1) is 0 Å². The van der Waals surface area contributed by atoms with Crippen LogP contribution in [0.3, 0.4) is 0 Å². The molecule has 3 heteroatoms. The van der Waals surface area contributed by atoms with Gasteiger partial charge in [0.25, 0.3) is 0 Å². The summed E-state index contributed by atoms with van der Waals surface area (Å²) in [6.07, 6.45) is 4.11. The minimum absolute atomic E-state index is 0.0915. The Kier molecular flexibility index (Phi) is 3.07. The summed E-state index contributed by atoms with van der Waals surface area (Å²) in [5, 5.41) is 24.2. The van der Waals surface area contributed by atoms with E-state index in [2.05, 4.69) is 56.9 Å². The second-order valence-electron chi connectivity index (χ2n) is 10.1. The number of nitrogens with one attached hydrogen (secondary N) is 1. The summed E-state index contributed by atoms with van der Waals surface area (Å²) in [5.74, 6) is 0.560. The highest BCUT2D eigenvalue weighted by Gasteiger charge is 2.72. The zero-order chi connectivity index (χ0) is 18.5. The van der Waals surface area contributed by atoms with Gasteiger partial charge in [-0.1, -0.05) is 45.9 Å². The third-order valence-electron chi connectivity index (χ3n) is 9.33. The molecule has 1 heterocycles. The van der Waals surface area contributed by atoms with E-state index in [0.29, 0.717) is 5.92 Å². The zero-order valence-corrected chi connectivity index (χ0v) is 16.4. The van der Waals surface area contributed by atoms with Gasteiger partial charge in [0.15, 0.2) is 0 Å². The van der Waals surface area contributed by atoms with Crippen molar-refractivity contribution in [1.29, 1.82) is 0 Å². The quantitative estimate of drug-likeness (QED) is 0.661. The minimum Gasteiger partial charge on any atom is -0.392 e. The van der Waals surface area contributed by atoms with Gasteiger partial charge in [0.05, 0.1) is 11.7 Å². The summed E-state index contributed by atoms with van der Waals surface area (Å²) < 4.78 is 0. The smallest absolute Gasteiger partial charge is 0.0785 e. The predicted octanol–water partition coefficient (Wildman–Crippen LogP) is 4.31. The second-order valence-corrected chi connectivity index (χ2v) is 10.1. The van der Waals surface area contributed by atoms with E-state index in [-0.39, 0.29) is 10.8 Å². The number of aromatic nitrogens is 1. The van der Waals surface area contributed by atoms with Crippen molar-refractivity contribution in [3.63, 3.8) is 0 Å². The highest BCUT2D eigenvalue weighted by atomic mass is 16.3. The molecule has 1 aromatic heterocycles. The summed E-state index contributed by atoms with van der Waals surface area (Å²) in [5.41, 5.74) is 2.32. The van der Waals surface area contributed by atoms with E-state index in [9.17, 15) is 10.2 Å². The largest absolute Gasteiger partial charge is 0.392 e. The van der Waals surface area contributed by atoms with E-state index in [1.165, 1.54) is 22.2 Å². The molecule has 2 fully saturated rings. The van der Waals surface area contributed by atoms with Gasteiger partial charge in [-0.2, -0.15) is 0 Å². The fourth-order valence-corrected chi connectivity index (χ4v) is 7.28. The van der Waals surface area contributed by atoms with Crippen LogP contribution in [0.1, 0.15) is 64.6 Å². The van der Waals surface area contributed by atoms with Crippen LogP contribution in [0.15, 0.2) is 24.3 Å². The van der Waals surface area contributed by atoms with Crippen molar-refractivity contribution in [3.05, 3.63) is 35.5 Å². The van der Waals surface area contributed by atoms with Gasteiger partial charge < -0.3 is 15.2 Å².